The van der Waals surface area contributed by atoms with E-state index in [2.05, 4.69) is 10.3 Å². The quantitative estimate of drug-likeness (QED) is 0.872. The van der Waals surface area contributed by atoms with Crippen molar-refractivity contribution in [3.8, 4) is 0 Å². The van der Waals surface area contributed by atoms with Gasteiger partial charge in [0.05, 0.1) is 0 Å². The van der Waals surface area contributed by atoms with Gasteiger partial charge in [0.25, 0.3) is 5.91 Å². The highest BCUT2D eigenvalue weighted by atomic mass is 35.5. The monoisotopic (exact) mass is 236 g/mol. The van der Waals surface area contributed by atoms with Crippen LogP contribution in [-0.4, -0.2) is 10.9 Å². The van der Waals surface area contributed by atoms with Gasteiger partial charge in [0.2, 0.25) is 0 Å². The maximum absolute atomic E-state index is 11.7. The number of carbonyl (C=O) groups is 1. The van der Waals surface area contributed by atoms with Crippen molar-refractivity contribution in [2.75, 3.05) is 5.32 Å². The van der Waals surface area contributed by atoms with Crippen molar-refractivity contribution in [3.05, 3.63) is 47.1 Å². The second kappa shape index (κ2) is 4.37. The first kappa shape index (κ1) is 10.7. The highest BCUT2D eigenvalue weighted by Crippen LogP contribution is 2.15. The third-order valence-electron chi connectivity index (χ3n) is 1.95. The van der Waals surface area contributed by atoms with Crippen molar-refractivity contribution in [2.45, 2.75) is 6.92 Å². The molecule has 0 aliphatic heterocycles. The molecular formula is C11H9ClN2O2. The van der Waals surface area contributed by atoms with Crippen LogP contribution in [0.2, 0.25) is 5.22 Å². The third-order valence-corrected chi connectivity index (χ3v) is 2.15. The minimum atomic E-state index is -0.336. The Kier molecular flexibility index (Phi) is 2.92. The van der Waals surface area contributed by atoms with E-state index in [4.69, 9.17) is 16.0 Å². The Morgan fingerprint density at radius 3 is 2.88 bits per heavy atom. The third kappa shape index (κ3) is 2.41. The highest BCUT2D eigenvalue weighted by molar-refractivity contribution is 6.29. The number of aryl methyl sites for hydroxylation is 1. The molecule has 82 valence electrons. The number of rotatable bonds is 2. The molecule has 0 aliphatic carbocycles. The fraction of sp³-hybridized carbons (Fsp3) is 0.0909. The maximum atomic E-state index is 11.7. The Balaban J connectivity index is 2.13. The van der Waals surface area contributed by atoms with E-state index in [9.17, 15) is 4.79 Å². The van der Waals surface area contributed by atoms with Crippen molar-refractivity contribution >= 4 is 23.2 Å². The Labute approximate surface area is 97.2 Å². The van der Waals surface area contributed by atoms with Crippen LogP contribution in [0.4, 0.5) is 5.69 Å². The van der Waals surface area contributed by atoms with Crippen LogP contribution >= 0.6 is 11.6 Å². The first-order valence-corrected chi connectivity index (χ1v) is 5.02. The van der Waals surface area contributed by atoms with Crippen LogP contribution < -0.4 is 5.32 Å². The summed E-state index contributed by atoms with van der Waals surface area (Å²) in [6, 6.07) is 6.51. The van der Waals surface area contributed by atoms with E-state index in [1.54, 1.807) is 18.3 Å². The minimum Gasteiger partial charge on any atom is -0.440 e. The van der Waals surface area contributed by atoms with Crippen LogP contribution in [0, 0.1) is 6.92 Å². The number of aromatic nitrogens is 1. The van der Waals surface area contributed by atoms with Crippen molar-refractivity contribution in [1.29, 1.82) is 0 Å². The molecule has 0 unspecified atom stereocenters. The van der Waals surface area contributed by atoms with Crippen LogP contribution in [0.5, 0.6) is 0 Å². The molecule has 2 heterocycles. The summed E-state index contributed by atoms with van der Waals surface area (Å²) in [4.78, 5) is 15.7. The number of amides is 1. The van der Waals surface area contributed by atoms with Gasteiger partial charge in [-0.1, -0.05) is 0 Å². The van der Waals surface area contributed by atoms with Crippen LogP contribution in [0.1, 0.15) is 16.2 Å². The van der Waals surface area contributed by atoms with E-state index in [0.717, 1.165) is 5.69 Å². The first-order chi connectivity index (χ1) is 7.65. The Morgan fingerprint density at radius 2 is 2.25 bits per heavy atom. The zero-order valence-electron chi connectivity index (χ0n) is 8.53. The number of nitrogens with zero attached hydrogens (tertiary/aromatic N) is 1. The predicted octanol–water partition coefficient (Wildman–Crippen LogP) is 2.89. The Morgan fingerprint density at radius 1 is 1.44 bits per heavy atom. The molecule has 5 heteroatoms. The Bertz CT molecular complexity index is 522. The number of nitrogens with one attached hydrogen (secondary N) is 1. The second-order valence-corrected chi connectivity index (χ2v) is 3.62. The Hall–Kier alpha value is -1.81. The first-order valence-electron chi connectivity index (χ1n) is 4.64. The van der Waals surface area contributed by atoms with Crippen molar-refractivity contribution in [3.63, 3.8) is 0 Å². The van der Waals surface area contributed by atoms with E-state index < -0.39 is 0 Å². The number of furan rings is 1. The summed E-state index contributed by atoms with van der Waals surface area (Å²) in [5, 5.41) is 2.87. The molecule has 2 aromatic rings. The summed E-state index contributed by atoms with van der Waals surface area (Å²) in [6.45, 7) is 1.85. The molecule has 0 atom stereocenters. The van der Waals surface area contributed by atoms with Crippen LogP contribution in [0.25, 0.3) is 0 Å². The second-order valence-electron chi connectivity index (χ2n) is 3.24. The fourth-order valence-electron chi connectivity index (χ4n) is 1.25. The van der Waals surface area contributed by atoms with Crippen LogP contribution in [0.15, 0.2) is 34.9 Å². The molecule has 0 aliphatic rings. The van der Waals surface area contributed by atoms with Gasteiger partial charge in [-0.15, -0.1) is 0 Å². The molecule has 0 saturated carbocycles. The van der Waals surface area contributed by atoms with Gasteiger partial charge >= 0.3 is 0 Å². The number of anilines is 1. The molecule has 0 spiro atoms. The number of carbonyl (C=O) groups excluding carboxylic acids is 1. The number of pyridine rings is 1. The zero-order chi connectivity index (χ0) is 11.5. The molecule has 16 heavy (non-hydrogen) atoms. The summed E-state index contributed by atoms with van der Waals surface area (Å²) in [6.07, 6.45) is 1.63. The zero-order valence-corrected chi connectivity index (χ0v) is 9.28. The number of hydrogen-bond donors (Lipinski definition) is 1. The highest BCUT2D eigenvalue weighted by Gasteiger charge is 2.10. The fourth-order valence-corrected chi connectivity index (χ4v) is 1.40. The van der Waals surface area contributed by atoms with E-state index in [0.29, 0.717) is 5.69 Å². The standard InChI is InChI=1S/C11H9ClN2O2/c1-7-6-8(4-5-13-7)14-11(15)9-2-3-10(12)16-9/h2-6H,1H3,(H,13,14,15). The van der Waals surface area contributed by atoms with Gasteiger partial charge < -0.3 is 9.73 Å². The minimum absolute atomic E-state index is 0.180. The average Bonchev–Trinajstić information content (AvgIpc) is 2.65. The van der Waals surface area contributed by atoms with Gasteiger partial charge in [0.15, 0.2) is 11.0 Å². The normalized spacial score (nSPS) is 10.1. The van der Waals surface area contributed by atoms with Gasteiger partial charge in [0.1, 0.15) is 0 Å². The number of hydrogen-bond acceptors (Lipinski definition) is 3. The molecule has 1 N–H and O–H groups in total. The van der Waals surface area contributed by atoms with Crippen LogP contribution in [0.3, 0.4) is 0 Å². The molecule has 0 radical (unpaired) electrons. The van der Waals surface area contributed by atoms with E-state index >= 15 is 0 Å². The van der Waals surface area contributed by atoms with Gasteiger partial charge in [0, 0.05) is 17.6 Å². The molecule has 0 fully saturated rings. The molecule has 0 aromatic carbocycles. The summed E-state index contributed by atoms with van der Waals surface area (Å²) < 4.78 is 4.99. The molecule has 0 saturated heterocycles. The van der Waals surface area contributed by atoms with Gasteiger partial charge in [-0.05, 0) is 42.8 Å². The summed E-state index contributed by atoms with van der Waals surface area (Å²) in [7, 11) is 0. The van der Waals surface area contributed by atoms with E-state index in [1.165, 1.54) is 12.1 Å². The summed E-state index contributed by atoms with van der Waals surface area (Å²) in [5.41, 5.74) is 1.50. The van der Waals surface area contributed by atoms with Gasteiger partial charge in [-0.25, -0.2) is 0 Å². The topological polar surface area (TPSA) is 55.1 Å². The van der Waals surface area contributed by atoms with Crippen molar-refractivity contribution in [2.24, 2.45) is 0 Å². The predicted molar refractivity (Wildman–Crippen MR) is 60.6 cm³/mol. The molecule has 0 bridgehead atoms. The molecule has 4 nitrogen and oxygen atoms in total. The lowest BCUT2D eigenvalue weighted by Gasteiger charge is -2.02. The molecule has 2 aromatic heterocycles. The number of halogens is 1. The van der Waals surface area contributed by atoms with Crippen molar-refractivity contribution in [1.82, 2.24) is 4.98 Å². The lowest BCUT2D eigenvalue weighted by atomic mass is 10.3. The van der Waals surface area contributed by atoms with Gasteiger partial charge in [-0.3, -0.25) is 9.78 Å². The average molecular weight is 237 g/mol. The SMILES string of the molecule is Cc1cc(NC(=O)c2ccc(Cl)o2)ccn1. The van der Waals surface area contributed by atoms with Crippen molar-refractivity contribution < 1.29 is 9.21 Å². The lowest BCUT2D eigenvalue weighted by Crippen LogP contribution is -2.10. The van der Waals surface area contributed by atoms with Crippen LogP contribution in [-0.2, 0) is 0 Å². The lowest BCUT2D eigenvalue weighted by molar-refractivity contribution is 0.0997. The molecule has 2 rings (SSSR count). The van der Waals surface area contributed by atoms with E-state index in [-0.39, 0.29) is 16.9 Å². The van der Waals surface area contributed by atoms with E-state index in [1.807, 2.05) is 6.92 Å². The smallest absolute Gasteiger partial charge is 0.291 e. The maximum Gasteiger partial charge on any atom is 0.291 e. The largest absolute Gasteiger partial charge is 0.440 e. The molecule has 1 amide bonds. The summed E-state index contributed by atoms with van der Waals surface area (Å²) in [5.74, 6) is -0.156. The molecular weight excluding hydrogens is 228 g/mol. The van der Waals surface area contributed by atoms with Gasteiger partial charge in [-0.2, -0.15) is 0 Å². The summed E-state index contributed by atoms with van der Waals surface area (Å²) >= 11 is 5.58.